The lowest BCUT2D eigenvalue weighted by molar-refractivity contribution is -0.134. The molecule has 9 heteroatoms. The second-order valence-electron chi connectivity index (χ2n) is 8.66. The fourth-order valence-corrected chi connectivity index (χ4v) is 3.95. The van der Waals surface area contributed by atoms with E-state index in [0.717, 1.165) is 55.5 Å². The Morgan fingerprint density at radius 2 is 1.53 bits per heavy atom. The Morgan fingerprint density at radius 3 is 2.06 bits per heavy atom. The summed E-state index contributed by atoms with van der Waals surface area (Å²) in [6.07, 6.45) is 2.13. The molecule has 0 fully saturated rings. The first-order valence-electron chi connectivity index (χ1n) is 12.0. The number of nitrogens with zero attached hydrogens (tertiary/aromatic N) is 4. The maximum absolute atomic E-state index is 13.2. The minimum Gasteiger partial charge on any atom is -0.478 e. The van der Waals surface area contributed by atoms with E-state index in [0.29, 0.717) is 17.7 Å². The van der Waals surface area contributed by atoms with Crippen LogP contribution in [0.5, 0.6) is 0 Å². The molecule has 0 saturated heterocycles. The van der Waals surface area contributed by atoms with Gasteiger partial charge in [0.2, 0.25) is 0 Å². The molecule has 0 atom stereocenters. The third-order valence-corrected chi connectivity index (χ3v) is 6.17. The number of aliphatic carboxylic acids is 2. The first-order chi connectivity index (χ1) is 17.0. The molecule has 1 aliphatic rings. The maximum Gasteiger partial charge on any atom is 0.328 e. The molecule has 1 amide bonds. The van der Waals surface area contributed by atoms with Gasteiger partial charge in [-0.25, -0.2) is 14.6 Å². The van der Waals surface area contributed by atoms with E-state index in [4.69, 9.17) is 15.2 Å². The highest BCUT2D eigenvalue weighted by Gasteiger charge is 2.30. The van der Waals surface area contributed by atoms with Crippen LogP contribution in [0.15, 0.2) is 36.4 Å². The molecule has 1 aromatic carbocycles. The van der Waals surface area contributed by atoms with Gasteiger partial charge in [0.25, 0.3) is 5.91 Å². The minimum absolute atomic E-state index is 0.00162. The molecule has 0 spiro atoms. The molecule has 9 nitrogen and oxygen atoms in total. The first-order valence-corrected chi connectivity index (χ1v) is 12.0. The zero-order valence-corrected chi connectivity index (χ0v) is 21.9. The van der Waals surface area contributed by atoms with Crippen LogP contribution in [0.3, 0.4) is 0 Å². The average Bonchev–Trinajstić information content (AvgIpc) is 2.90. The Morgan fingerprint density at radius 1 is 0.972 bits per heavy atom. The van der Waals surface area contributed by atoms with Crippen molar-refractivity contribution in [3.8, 4) is 0 Å². The highest BCUT2D eigenvalue weighted by Crippen LogP contribution is 2.40. The van der Waals surface area contributed by atoms with Crippen LogP contribution < -0.4 is 9.80 Å². The summed E-state index contributed by atoms with van der Waals surface area (Å²) in [6, 6.07) is 8.16. The van der Waals surface area contributed by atoms with Crippen molar-refractivity contribution in [1.29, 1.82) is 0 Å². The Balaban J connectivity index is 0.000000493. The number of carboxylic acids is 2. The van der Waals surface area contributed by atoms with Gasteiger partial charge in [-0.2, -0.15) is 0 Å². The van der Waals surface area contributed by atoms with Crippen molar-refractivity contribution in [2.24, 2.45) is 0 Å². The Hall–Kier alpha value is -3.72. The molecule has 0 saturated carbocycles. The highest BCUT2D eigenvalue weighted by molar-refractivity contribution is 6.13. The molecular formula is C27H36N4O5. The zero-order valence-electron chi connectivity index (χ0n) is 21.9. The van der Waals surface area contributed by atoms with Crippen molar-refractivity contribution in [2.45, 2.75) is 41.0 Å². The number of hydrogen-bond acceptors (Lipinski definition) is 6. The van der Waals surface area contributed by atoms with E-state index in [2.05, 4.69) is 49.6 Å². The highest BCUT2D eigenvalue weighted by atomic mass is 16.4. The summed E-state index contributed by atoms with van der Waals surface area (Å²) in [5, 5.41) is 15.6. The molecule has 0 radical (unpaired) electrons. The summed E-state index contributed by atoms with van der Waals surface area (Å²) in [7, 11) is 1.86. The van der Waals surface area contributed by atoms with Gasteiger partial charge in [-0.05, 0) is 82.2 Å². The van der Waals surface area contributed by atoms with Gasteiger partial charge in [0.15, 0.2) is 0 Å². The van der Waals surface area contributed by atoms with Crippen molar-refractivity contribution in [2.75, 3.05) is 43.0 Å². The van der Waals surface area contributed by atoms with Crippen molar-refractivity contribution < 1.29 is 24.6 Å². The molecular weight excluding hydrogens is 460 g/mol. The van der Waals surface area contributed by atoms with Gasteiger partial charge in [-0.3, -0.25) is 4.79 Å². The fraction of sp³-hybridized carbons (Fsp3) is 0.407. The van der Waals surface area contributed by atoms with Crippen LogP contribution in [0, 0.1) is 20.8 Å². The predicted octanol–water partition coefficient (Wildman–Crippen LogP) is 4.18. The Kier molecular flexibility index (Phi) is 10.2. The van der Waals surface area contributed by atoms with E-state index >= 15 is 0 Å². The van der Waals surface area contributed by atoms with Crippen LogP contribution in [0.25, 0.3) is 0 Å². The van der Waals surface area contributed by atoms with Gasteiger partial charge in [-0.1, -0.05) is 13.8 Å². The van der Waals surface area contributed by atoms with Crippen LogP contribution in [0.1, 0.15) is 47.4 Å². The molecule has 1 aromatic heterocycles. The number of aryl methyl sites for hydroxylation is 3. The number of pyridine rings is 1. The van der Waals surface area contributed by atoms with Crippen LogP contribution in [0.4, 0.5) is 17.2 Å². The van der Waals surface area contributed by atoms with Gasteiger partial charge >= 0.3 is 11.9 Å². The van der Waals surface area contributed by atoms with E-state index in [9.17, 15) is 14.4 Å². The Bertz CT molecular complexity index is 1130. The largest absolute Gasteiger partial charge is 0.478 e. The lowest BCUT2D eigenvalue weighted by Gasteiger charge is -2.28. The van der Waals surface area contributed by atoms with E-state index in [-0.39, 0.29) is 5.91 Å². The number of hydrogen-bond donors (Lipinski definition) is 2. The molecule has 194 valence electrons. The van der Waals surface area contributed by atoms with E-state index in [1.165, 1.54) is 11.1 Å². The van der Waals surface area contributed by atoms with Gasteiger partial charge in [0.1, 0.15) is 5.82 Å². The molecule has 1 aliphatic heterocycles. The molecule has 2 heterocycles. The van der Waals surface area contributed by atoms with Crippen molar-refractivity contribution in [3.63, 3.8) is 0 Å². The zero-order chi connectivity index (χ0) is 27.0. The van der Waals surface area contributed by atoms with Gasteiger partial charge in [0, 0.05) is 31.4 Å². The van der Waals surface area contributed by atoms with Crippen LogP contribution in [-0.2, 0) is 9.59 Å². The van der Waals surface area contributed by atoms with Gasteiger partial charge < -0.3 is 24.9 Å². The van der Waals surface area contributed by atoms with E-state index in [1.54, 1.807) is 4.90 Å². The maximum atomic E-state index is 13.2. The normalized spacial score (nSPS) is 12.7. The summed E-state index contributed by atoms with van der Waals surface area (Å²) in [6.45, 7) is 14.6. The monoisotopic (exact) mass is 496 g/mol. The van der Waals surface area contributed by atoms with Gasteiger partial charge in [-0.15, -0.1) is 0 Å². The number of carbonyl (C=O) groups excluding carboxylic acids is 1. The van der Waals surface area contributed by atoms with Gasteiger partial charge in [0.05, 0.1) is 16.9 Å². The molecule has 36 heavy (non-hydrogen) atoms. The molecule has 2 aromatic rings. The smallest absolute Gasteiger partial charge is 0.328 e. The first kappa shape index (κ1) is 28.5. The fourth-order valence-electron chi connectivity index (χ4n) is 3.95. The number of anilines is 3. The summed E-state index contributed by atoms with van der Waals surface area (Å²) in [5.41, 5.74) is 6.03. The molecule has 0 aliphatic carbocycles. The van der Waals surface area contributed by atoms with Crippen LogP contribution >= 0.6 is 0 Å². The van der Waals surface area contributed by atoms with Crippen LogP contribution in [0.2, 0.25) is 0 Å². The van der Waals surface area contributed by atoms with E-state index in [1.807, 2.05) is 26.1 Å². The van der Waals surface area contributed by atoms with Crippen molar-refractivity contribution >= 4 is 35.0 Å². The number of amides is 1. The predicted molar refractivity (Wildman–Crippen MR) is 141 cm³/mol. The third-order valence-electron chi connectivity index (χ3n) is 6.17. The molecule has 0 bridgehead atoms. The number of fused-ring (bicyclic) bond motifs is 2. The minimum atomic E-state index is -1.26. The number of carbonyl (C=O) groups is 3. The Labute approximate surface area is 212 Å². The quantitative estimate of drug-likeness (QED) is 0.523. The molecule has 2 N–H and O–H groups in total. The second kappa shape index (κ2) is 12.8. The van der Waals surface area contributed by atoms with E-state index < -0.39 is 11.9 Å². The SMILES string of the molecule is CCN(CC)CCCN1c2cc(C)c(C)cc2N(C)C(=O)c2ccc(C)nc21.O=C(O)C=CC(=O)O. The summed E-state index contributed by atoms with van der Waals surface area (Å²) in [4.78, 5) is 43.5. The number of benzene rings is 1. The second-order valence-corrected chi connectivity index (χ2v) is 8.66. The number of aromatic nitrogens is 1. The van der Waals surface area contributed by atoms with Crippen molar-refractivity contribution in [3.05, 3.63) is 58.8 Å². The molecule has 0 unspecified atom stereocenters. The van der Waals surface area contributed by atoms with Crippen LogP contribution in [-0.4, -0.2) is 71.2 Å². The number of carboxylic acid groups (broad SMARTS) is 2. The average molecular weight is 497 g/mol. The number of rotatable bonds is 8. The summed E-state index contributed by atoms with van der Waals surface area (Å²) in [5.74, 6) is -1.74. The third kappa shape index (κ3) is 7.14. The van der Waals surface area contributed by atoms with Crippen molar-refractivity contribution in [1.82, 2.24) is 9.88 Å². The lowest BCUT2D eigenvalue weighted by atomic mass is 10.1. The topological polar surface area (TPSA) is 114 Å². The standard InChI is InChI=1S/C23H32N4O.C4H4O4/c1-7-26(8-2)12-9-13-27-21-15-17(4)16(3)14-20(21)25(6)23(28)19-11-10-18(5)24-22(19)27;5-3(6)1-2-4(7)8/h10-11,14-15H,7-9,12-13H2,1-6H3;1-2H,(H,5,6)(H,7,8). The lowest BCUT2D eigenvalue weighted by Crippen LogP contribution is -2.28. The summed E-state index contributed by atoms with van der Waals surface area (Å²) >= 11 is 0. The molecule has 3 rings (SSSR count). The summed E-state index contributed by atoms with van der Waals surface area (Å²) < 4.78 is 0.